The van der Waals surface area contributed by atoms with Crippen molar-refractivity contribution in [3.8, 4) is 17.0 Å². The van der Waals surface area contributed by atoms with E-state index in [2.05, 4.69) is 4.98 Å². The van der Waals surface area contributed by atoms with Gasteiger partial charge in [-0.25, -0.2) is 18.6 Å². The van der Waals surface area contributed by atoms with E-state index in [4.69, 9.17) is 9.15 Å². The molecule has 0 aliphatic carbocycles. The van der Waals surface area contributed by atoms with E-state index >= 15 is 0 Å². The molecule has 5 aromatic rings. The third kappa shape index (κ3) is 2.99. The number of ether oxygens (including phenoxy) is 1. The summed E-state index contributed by atoms with van der Waals surface area (Å²) in [5.41, 5.74) is 2.08. The maximum atomic E-state index is 14.5. The lowest BCUT2D eigenvalue weighted by Crippen LogP contribution is -2.11. The first-order chi connectivity index (χ1) is 15.5. The number of rotatable bonds is 5. The first kappa shape index (κ1) is 19.7. The second-order valence-corrected chi connectivity index (χ2v) is 7.20. The summed E-state index contributed by atoms with van der Waals surface area (Å²) in [4.78, 5) is 16.7. The van der Waals surface area contributed by atoms with Gasteiger partial charge < -0.3 is 18.8 Å². The van der Waals surface area contributed by atoms with E-state index in [0.717, 1.165) is 12.1 Å². The van der Waals surface area contributed by atoms with Crippen molar-refractivity contribution in [3.05, 3.63) is 83.9 Å². The minimum absolute atomic E-state index is 0.0660. The van der Waals surface area contributed by atoms with Crippen LogP contribution in [-0.4, -0.2) is 27.7 Å². The number of halogens is 2. The van der Waals surface area contributed by atoms with Gasteiger partial charge in [0.25, 0.3) is 0 Å². The molecule has 2 aromatic carbocycles. The summed E-state index contributed by atoms with van der Waals surface area (Å²) in [5, 5.41) is 11.5. The minimum Gasteiger partial charge on any atom is -0.481 e. The number of carbonyl (C=O) groups is 1. The molecule has 3 heterocycles. The van der Waals surface area contributed by atoms with Gasteiger partial charge in [0.05, 0.1) is 25.4 Å². The first-order valence-corrected chi connectivity index (χ1v) is 9.68. The molecular weight excluding hydrogens is 418 g/mol. The topological polar surface area (TPSA) is 77.5 Å². The average Bonchev–Trinajstić information content (AvgIpc) is 3.38. The van der Waals surface area contributed by atoms with Crippen molar-refractivity contribution >= 4 is 27.8 Å². The van der Waals surface area contributed by atoms with Crippen LogP contribution in [0.25, 0.3) is 33.0 Å². The molecule has 0 fully saturated rings. The monoisotopic (exact) mass is 434 g/mol. The van der Waals surface area contributed by atoms with E-state index in [-0.39, 0.29) is 23.7 Å². The molecule has 0 bridgehead atoms. The maximum absolute atomic E-state index is 14.5. The predicted octanol–water partition coefficient (Wildman–Crippen LogP) is 5.48. The van der Waals surface area contributed by atoms with Crippen LogP contribution < -0.4 is 4.74 Å². The lowest BCUT2D eigenvalue weighted by atomic mass is 10.0. The number of carboxylic acids is 1. The molecule has 5 rings (SSSR count). The van der Waals surface area contributed by atoms with E-state index < -0.39 is 17.6 Å². The van der Waals surface area contributed by atoms with Crippen LogP contribution in [0.15, 0.2) is 65.4 Å². The van der Waals surface area contributed by atoms with Gasteiger partial charge in [-0.1, -0.05) is 6.07 Å². The number of aromatic carboxylic acids is 1. The molecule has 0 aliphatic rings. The molecule has 160 valence electrons. The lowest BCUT2D eigenvalue weighted by molar-refractivity contribution is 0.0687. The van der Waals surface area contributed by atoms with Crippen LogP contribution in [0.2, 0.25) is 0 Å². The molecule has 0 unspecified atom stereocenters. The fraction of sp³-hybridized carbons (Fsp3) is 0.0833. The highest BCUT2D eigenvalue weighted by molar-refractivity contribution is 6.18. The van der Waals surface area contributed by atoms with Crippen LogP contribution in [0.3, 0.4) is 0 Å². The fourth-order valence-electron chi connectivity index (χ4n) is 4.11. The highest BCUT2D eigenvalue weighted by Crippen LogP contribution is 2.42. The number of benzene rings is 2. The third-order valence-corrected chi connectivity index (χ3v) is 5.44. The van der Waals surface area contributed by atoms with Crippen molar-refractivity contribution in [2.24, 2.45) is 0 Å². The molecule has 8 heteroatoms. The molecule has 0 atom stereocenters. The van der Waals surface area contributed by atoms with Gasteiger partial charge >= 0.3 is 5.97 Å². The SMILES string of the molecule is COc1ncccc1-c1c(C(=O)O)n(Cc2ccc(F)cc2F)c2ccc3occc3c12. The number of methoxy groups -OCH3 is 1. The Morgan fingerprint density at radius 2 is 2.03 bits per heavy atom. The van der Waals surface area contributed by atoms with Crippen LogP contribution in [0, 0.1) is 11.6 Å². The molecular formula is C24H16F2N2O4. The predicted molar refractivity (Wildman–Crippen MR) is 114 cm³/mol. The Morgan fingerprint density at radius 3 is 2.78 bits per heavy atom. The molecule has 0 saturated carbocycles. The van der Waals surface area contributed by atoms with Gasteiger partial charge in [0.15, 0.2) is 0 Å². The summed E-state index contributed by atoms with van der Waals surface area (Å²) in [5.74, 6) is -2.42. The van der Waals surface area contributed by atoms with Gasteiger partial charge in [-0.05, 0) is 36.4 Å². The van der Waals surface area contributed by atoms with E-state index in [9.17, 15) is 18.7 Å². The van der Waals surface area contributed by atoms with E-state index in [1.54, 1.807) is 36.5 Å². The molecule has 6 nitrogen and oxygen atoms in total. The Morgan fingerprint density at radius 1 is 1.19 bits per heavy atom. The second-order valence-electron chi connectivity index (χ2n) is 7.20. The molecule has 3 aromatic heterocycles. The Hall–Kier alpha value is -4.20. The number of nitrogens with zero attached hydrogens (tertiary/aromatic N) is 2. The lowest BCUT2D eigenvalue weighted by Gasteiger charge is -2.11. The van der Waals surface area contributed by atoms with E-state index in [1.807, 2.05) is 0 Å². The zero-order valence-electron chi connectivity index (χ0n) is 16.8. The van der Waals surface area contributed by atoms with Crippen LogP contribution >= 0.6 is 0 Å². The highest BCUT2D eigenvalue weighted by atomic mass is 19.1. The summed E-state index contributed by atoms with van der Waals surface area (Å²) in [6.07, 6.45) is 3.06. The molecule has 1 N–H and O–H groups in total. The zero-order chi connectivity index (χ0) is 22.4. The Bertz CT molecular complexity index is 1500. The minimum atomic E-state index is -1.21. The normalized spacial score (nSPS) is 11.3. The zero-order valence-corrected chi connectivity index (χ0v) is 16.8. The van der Waals surface area contributed by atoms with E-state index in [0.29, 0.717) is 33.0 Å². The number of fused-ring (bicyclic) bond motifs is 3. The first-order valence-electron chi connectivity index (χ1n) is 9.68. The Balaban J connectivity index is 1.91. The van der Waals surface area contributed by atoms with Crippen molar-refractivity contribution in [2.45, 2.75) is 6.54 Å². The van der Waals surface area contributed by atoms with Crippen LogP contribution in [0.4, 0.5) is 8.78 Å². The molecule has 0 amide bonds. The average molecular weight is 434 g/mol. The second kappa shape index (κ2) is 7.49. The summed E-state index contributed by atoms with van der Waals surface area (Å²) in [6.45, 7) is -0.115. The number of furan rings is 1. The molecule has 0 spiro atoms. The van der Waals surface area contributed by atoms with Crippen LogP contribution in [-0.2, 0) is 6.54 Å². The van der Waals surface area contributed by atoms with Crippen molar-refractivity contribution < 1.29 is 27.8 Å². The van der Waals surface area contributed by atoms with E-state index in [1.165, 1.54) is 24.0 Å². The molecule has 0 saturated heterocycles. The molecule has 0 radical (unpaired) electrons. The number of pyridine rings is 1. The van der Waals surface area contributed by atoms with Gasteiger partial charge in [-0.15, -0.1) is 0 Å². The van der Waals surface area contributed by atoms with Crippen molar-refractivity contribution in [3.63, 3.8) is 0 Å². The summed E-state index contributed by atoms with van der Waals surface area (Å²) >= 11 is 0. The number of carboxylic acid groups (broad SMARTS) is 1. The third-order valence-electron chi connectivity index (χ3n) is 5.44. The number of hydrogen-bond acceptors (Lipinski definition) is 4. The largest absolute Gasteiger partial charge is 0.481 e. The fourth-order valence-corrected chi connectivity index (χ4v) is 4.11. The van der Waals surface area contributed by atoms with Gasteiger partial charge in [0, 0.05) is 39.7 Å². The number of hydrogen-bond donors (Lipinski definition) is 1. The number of aromatic nitrogens is 2. The summed E-state index contributed by atoms with van der Waals surface area (Å²) < 4.78 is 40.3. The molecule has 0 aliphatic heterocycles. The van der Waals surface area contributed by atoms with Gasteiger partial charge in [-0.3, -0.25) is 0 Å². The van der Waals surface area contributed by atoms with Gasteiger partial charge in [0.2, 0.25) is 5.88 Å². The van der Waals surface area contributed by atoms with Crippen LogP contribution in [0.5, 0.6) is 5.88 Å². The van der Waals surface area contributed by atoms with Crippen LogP contribution in [0.1, 0.15) is 16.1 Å². The quantitative estimate of drug-likeness (QED) is 0.396. The standard InChI is InChI=1S/C24H16F2N2O4/c1-31-23-16(3-2-9-27-23)21-20-15-8-10-32-19(15)7-6-18(20)28(22(21)24(29)30)12-13-4-5-14(25)11-17(13)26/h2-11H,12H2,1H3,(H,29,30). The summed E-state index contributed by atoms with van der Waals surface area (Å²) in [7, 11) is 1.45. The Labute approximate surface area is 180 Å². The maximum Gasteiger partial charge on any atom is 0.353 e. The summed E-state index contributed by atoms with van der Waals surface area (Å²) in [6, 6.07) is 11.8. The van der Waals surface area contributed by atoms with Gasteiger partial charge in [0.1, 0.15) is 22.9 Å². The van der Waals surface area contributed by atoms with Crippen molar-refractivity contribution in [1.82, 2.24) is 9.55 Å². The van der Waals surface area contributed by atoms with Crippen molar-refractivity contribution in [2.75, 3.05) is 7.11 Å². The highest BCUT2D eigenvalue weighted by Gasteiger charge is 2.28. The van der Waals surface area contributed by atoms with Gasteiger partial charge in [-0.2, -0.15) is 0 Å². The smallest absolute Gasteiger partial charge is 0.353 e. The van der Waals surface area contributed by atoms with Crippen molar-refractivity contribution in [1.29, 1.82) is 0 Å². The Kier molecular flexibility index (Phi) is 4.62. The molecule has 32 heavy (non-hydrogen) atoms.